The van der Waals surface area contributed by atoms with Gasteiger partial charge < -0.3 is 10.2 Å². The standard InChI is InChI=1S/C12H18F3N3/c1-3-16-9-10-5-4-7-17-11(10)18(2)8-6-12(13,14)15/h4-5,7,16H,3,6,8-9H2,1-2H3. The van der Waals surface area contributed by atoms with Crippen LogP contribution >= 0.6 is 0 Å². The Morgan fingerprint density at radius 1 is 1.39 bits per heavy atom. The van der Waals surface area contributed by atoms with Crippen LogP contribution in [0.15, 0.2) is 18.3 Å². The third kappa shape index (κ3) is 4.91. The lowest BCUT2D eigenvalue weighted by molar-refractivity contribution is -0.132. The molecular formula is C12H18F3N3. The number of anilines is 1. The van der Waals surface area contributed by atoms with Gasteiger partial charge in [0.05, 0.1) is 6.42 Å². The molecule has 6 heteroatoms. The number of halogens is 3. The van der Waals surface area contributed by atoms with E-state index in [4.69, 9.17) is 0 Å². The summed E-state index contributed by atoms with van der Waals surface area (Å²) in [6, 6.07) is 3.66. The zero-order valence-corrected chi connectivity index (χ0v) is 10.6. The molecule has 0 aliphatic carbocycles. The Bertz CT molecular complexity index is 366. The Hall–Kier alpha value is -1.30. The zero-order valence-electron chi connectivity index (χ0n) is 10.6. The van der Waals surface area contributed by atoms with Crippen LogP contribution in [-0.2, 0) is 6.54 Å². The van der Waals surface area contributed by atoms with E-state index in [0.29, 0.717) is 12.4 Å². The van der Waals surface area contributed by atoms with E-state index in [2.05, 4.69) is 10.3 Å². The lowest BCUT2D eigenvalue weighted by atomic mass is 10.2. The van der Waals surface area contributed by atoms with E-state index < -0.39 is 12.6 Å². The van der Waals surface area contributed by atoms with Crippen molar-refractivity contribution in [2.75, 3.05) is 25.0 Å². The van der Waals surface area contributed by atoms with Crippen molar-refractivity contribution in [3.05, 3.63) is 23.9 Å². The molecule has 0 saturated heterocycles. The third-order valence-corrected chi connectivity index (χ3v) is 2.53. The summed E-state index contributed by atoms with van der Waals surface area (Å²) in [6.07, 6.45) is -3.37. The SMILES string of the molecule is CCNCc1cccnc1N(C)CCC(F)(F)F. The number of hydrogen-bond acceptors (Lipinski definition) is 3. The minimum atomic E-state index is -4.13. The van der Waals surface area contributed by atoms with E-state index in [1.54, 1.807) is 24.2 Å². The molecular weight excluding hydrogens is 243 g/mol. The average Bonchev–Trinajstić information content (AvgIpc) is 2.33. The highest BCUT2D eigenvalue weighted by Gasteiger charge is 2.27. The van der Waals surface area contributed by atoms with Crippen LogP contribution in [0.1, 0.15) is 18.9 Å². The van der Waals surface area contributed by atoms with E-state index in [9.17, 15) is 13.2 Å². The van der Waals surface area contributed by atoms with Crippen LogP contribution in [0.3, 0.4) is 0 Å². The fraction of sp³-hybridized carbons (Fsp3) is 0.583. The first-order valence-electron chi connectivity index (χ1n) is 5.86. The van der Waals surface area contributed by atoms with Gasteiger partial charge in [-0.05, 0) is 12.6 Å². The van der Waals surface area contributed by atoms with Gasteiger partial charge in [-0.1, -0.05) is 13.0 Å². The molecule has 0 aliphatic heterocycles. The highest BCUT2D eigenvalue weighted by atomic mass is 19.4. The Morgan fingerprint density at radius 3 is 2.72 bits per heavy atom. The average molecular weight is 261 g/mol. The van der Waals surface area contributed by atoms with Crippen LogP contribution in [0.25, 0.3) is 0 Å². The molecule has 0 atom stereocenters. The Labute approximate surface area is 105 Å². The summed E-state index contributed by atoms with van der Waals surface area (Å²) in [6.45, 7) is 3.31. The number of nitrogens with one attached hydrogen (secondary N) is 1. The van der Waals surface area contributed by atoms with E-state index in [0.717, 1.165) is 12.1 Å². The lowest BCUT2D eigenvalue weighted by Crippen LogP contribution is -2.26. The second-order valence-electron chi connectivity index (χ2n) is 4.05. The smallest absolute Gasteiger partial charge is 0.359 e. The van der Waals surface area contributed by atoms with Crippen molar-refractivity contribution in [1.29, 1.82) is 0 Å². The molecule has 0 saturated carbocycles. The number of alkyl halides is 3. The highest BCUT2D eigenvalue weighted by Crippen LogP contribution is 2.22. The van der Waals surface area contributed by atoms with Crippen molar-refractivity contribution < 1.29 is 13.2 Å². The van der Waals surface area contributed by atoms with Crippen molar-refractivity contribution in [3.8, 4) is 0 Å². The number of nitrogens with zero attached hydrogens (tertiary/aromatic N) is 2. The first kappa shape index (κ1) is 14.8. The molecule has 0 unspecified atom stereocenters. The number of rotatable bonds is 6. The van der Waals surface area contributed by atoms with Gasteiger partial charge in [-0.25, -0.2) is 4.98 Å². The molecule has 0 aliphatic rings. The molecule has 0 radical (unpaired) electrons. The van der Waals surface area contributed by atoms with Crippen molar-refractivity contribution in [1.82, 2.24) is 10.3 Å². The molecule has 0 spiro atoms. The van der Waals surface area contributed by atoms with Crippen LogP contribution < -0.4 is 10.2 Å². The minimum Gasteiger partial charge on any atom is -0.359 e. The fourth-order valence-electron chi connectivity index (χ4n) is 1.57. The van der Waals surface area contributed by atoms with Crippen molar-refractivity contribution in [3.63, 3.8) is 0 Å². The molecule has 1 N–H and O–H groups in total. The molecule has 18 heavy (non-hydrogen) atoms. The molecule has 1 heterocycles. The molecule has 0 amide bonds. The van der Waals surface area contributed by atoms with Gasteiger partial charge in [0.1, 0.15) is 5.82 Å². The number of pyridine rings is 1. The largest absolute Gasteiger partial charge is 0.390 e. The topological polar surface area (TPSA) is 28.2 Å². The Morgan fingerprint density at radius 2 is 2.11 bits per heavy atom. The summed E-state index contributed by atoms with van der Waals surface area (Å²) >= 11 is 0. The van der Waals surface area contributed by atoms with Gasteiger partial charge >= 0.3 is 6.18 Å². The van der Waals surface area contributed by atoms with Crippen LogP contribution in [-0.4, -0.2) is 31.3 Å². The Kier molecular flexibility index (Phi) is 5.40. The number of hydrogen-bond donors (Lipinski definition) is 1. The minimum absolute atomic E-state index is 0.0837. The predicted octanol–water partition coefficient (Wildman–Crippen LogP) is 2.58. The van der Waals surface area contributed by atoms with Crippen LogP contribution in [0.2, 0.25) is 0 Å². The highest BCUT2D eigenvalue weighted by molar-refractivity contribution is 5.45. The van der Waals surface area contributed by atoms with Gasteiger partial charge in [0, 0.05) is 31.9 Å². The van der Waals surface area contributed by atoms with E-state index in [1.165, 1.54) is 0 Å². The van der Waals surface area contributed by atoms with Gasteiger partial charge in [-0.3, -0.25) is 0 Å². The Balaban J connectivity index is 2.69. The summed E-state index contributed by atoms with van der Waals surface area (Å²) in [5.74, 6) is 0.600. The summed E-state index contributed by atoms with van der Waals surface area (Å²) in [4.78, 5) is 5.69. The quantitative estimate of drug-likeness (QED) is 0.853. The van der Waals surface area contributed by atoms with E-state index in [1.807, 2.05) is 13.0 Å². The van der Waals surface area contributed by atoms with Gasteiger partial charge in [-0.15, -0.1) is 0 Å². The van der Waals surface area contributed by atoms with Crippen LogP contribution in [0.4, 0.5) is 19.0 Å². The maximum absolute atomic E-state index is 12.2. The molecule has 0 fully saturated rings. The first-order valence-corrected chi connectivity index (χ1v) is 5.86. The van der Waals surface area contributed by atoms with Gasteiger partial charge in [0.15, 0.2) is 0 Å². The van der Waals surface area contributed by atoms with Crippen LogP contribution in [0.5, 0.6) is 0 Å². The summed E-state index contributed by atoms with van der Waals surface area (Å²) in [5, 5.41) is 3.14. The first-order chi connectivity index (χ1) is 8.44. The second kappa shape index (κ2) is 6.58. The molecule has 1 rings (SSSR count). The fourth-order valence-corrected chi connectivity index (χ4v) is 1.57. The second-order valence-corrected chi connectivity index (χ2v) is 4.05. The monoisotopic (exact) mass is 261 g/mol. The predicted molar refractivity (Wildman–Crippen MR) is 65.6 cm³/mol. The molecule has 102 valence electrons. The van der Waals surface area contributed by atoms with Gasteiger partial charge in [0.2, 0.25) is 0 Å². The van der Waals surface area contributed by atoms with E-state index >= 15 is 0 Å². The summed E-state index contributed by atoms with van der Waals surface area (Å²) in [5.41, 5.74) is 0.907. The van der Waals surface area contributed by atoms with Crippen molar-refractivity contribution in [2.45, 2.75) is 26.1 Å². The van der Waals surface area contributed by atoms with Crippen LogP contribution in [0, 0.1) is 0 Å². The lowest BCUT2D eigenvalue weighted by Gasteiger charge is -2.21. The third-order valence-electron chi connectivity index (χ3n) is 2.53. The maximum atomic E-state index is 12.2. The normalized spacial score (nSPS) is 11.6. The van der Waals surface area contributed by atoms with Gasteiger partial charge in [0.25, 0.3) is 0 Å². The van der Waals surface area contributed by atoms with Gasteiger partial charge in [-0.2, -0.15) is 13.2 Å². The maximum Gasteiger partial charge on any atom is 0.390 e. The molecule has 0 aromatic carbocycles. The molecule has 1 aromatic rings. The molecule has 0 bridgehead atoms. The summed E-state index contributed by atoms with van der Waals surface area (Å²) in [7, 11) is 1.63. The number of aromatic nitrogens is 1. The summed E-state index contributed by atoms with van der Waals surface area (Å²) < 4.78 is 36.5. The van der Waals surface area contributed by atoms with E-state index in [-0.39, 0.29) is 6.54 Å². The molecule has 1 aromatic heterocycles. The van der Waals surface area contributed by atoms with Crippen molar-refractivity contribution in [2.24, 2.45) is 0 Å². The zero-order chi connectivity index (χ0) is 13.6. The molecule has 3 nitrogen and oxygen atoms in total. The van der Waals surface area contributed by atoms with Crippen molar-refractivity contribution >= 4 is 5.82 Å².